The van der Waals surface area contributed by atoms with Crippen molar-refractivity contribution in [3.63, 3.8) is 0 Å². The van der Waals surface area contributed by atoms with E-state index in [0.717, 1.165) is 25.1 Å². The average molecular weight is 285 g/mol. The van der Waals surface area contributed by atoms with Gasteiger partial charge in [0.05, 0.1) is 5.54 Å². The Morgan fingerprint density at radius 3 is 2.43 bits per heavy atom. The van der Waals surface area contributed by atoms with Gasteiger partial charge in [0.1, 0.15) is 0 Å². The molecule has 21 heavy (non-hydrogen) atoms. The second-order valence-electron chi connectivity index (χ2n) is 6.81. The molecule has 0 bridgehead atoms. The molecule has 3 rings (SSSR count). The maximum Gasteiger partial charge on any atom is 0.183 e. The SMILES string of the molecule is C[C@@H]1CCCC[C@]1(C(=O)c1ccccc1)N1CCCCC1. The third-order valence-electron chi connectivity index (χ3n) is 5.61. The van der Waals surface area contributed by atoms with Gasteiger partial charge in [0.15, 0.2) is 5.78 Å². The first-order valence-electron chi connectivity index (χ1n) is 8.60. The molecule has 1 heterocycles. The fourth-order valence-electron chi connectivity index (χ4n) is 4.41. The topological polar surface area (TPSA) is 20.3 Å². The van der Waals surface area contributed by atoms with Crippen LogP contribution in [0, 0.1) is 5.92 Å². The molecular weight excluding hydrogens is 258 g/mol. The first kappa shape index (κ1) is 14.8. The molecule has 1 saturated carbocycles. The number of benzene rings is 1. The molecule has 1 aliphatic heterocycles. The number of piperidine rings is 1. The highest BCUT2D eigenvalue weighted by molar-refractivity contribution is 6.03. The summed E-state index contributed by atoms with van der Waals surface area (Å²) in [6, 6.07) is 9.97. The summed E-state index contributed by atoms with van der Waals surface area (Å²) < 4.78 is 0. The van der Waals surface area contributed by atoms with Crippen molar-refractivity contribution in [1.29, 1.82) is 0 Å². The maximum atomic E-state index is 13.4. The monoisotopic (exact) mass is 285 g/mol. The second-order valence-corrected chi connectivity index (χ2v) is 6.81. The summed E-state index contributed by atoms with van der Waals surface area (Å²) >= 11 is 0. The molecule has 0 N–H and O–H groups in total. The van der Waals surface area contributed by atoms with Gasteiger partial charge in [0.2, 0.25) is 0 Å². The Kier molecular flexibility index (Phi) is 4.44. The van der Waals surface area contributed by atoms with Crippen molar-refractivity contribution in [3.05, 3.63) is 35.9 Å². The lowest BCUT2D eigenvalue weighted by atomic mass is 9.68. The molecule has 2 fully saturated rings. The molecule has 1 aliphatic carbocycles. The molecule has 1 aromatic carbocycles. The summed E-state index contributed by atoms with van der Waals surface area (Å²) in [6.07, 6.45) is 8.52. The Morgan fingerprint density at radius 1 is 1.05 bits per heavy atom. The standard InChI is InChI=1S/C19H27NO/c1-16-10-6-7-13-19(16,20-14-8-3-9-15-20)18(21)17-11-4-2-5-12-17/h2,4-5,11-12,16H,3,6-10,13-15H2,1H3/t16-,19+/m1/s1. The molecule has 2 heteroatoms. The lowest BCUT2D eigenvalue weighted by Gasteiger charge is -2.50. The molecular formula is C19H27NO. The molecule has 1 saturated heterocycles. The van der Waals surface area contributed by atoms with Gasteiger partial charge < -0.3 is 0 Å². The van der Waals surface area contributed by atoms with Crippen LogP contribution in [0.3, 0.4) is 0 Å². The van der Waals surface area contributed by atoms with Crippen LogP contribution < -0.4 is 0 Å². The van der Waals surface area contributed by atoms with Crippen molar-refractivity contribution in [2.24, 2.45) is 5.92 Å². The number of carbonyl (C=O) groups excluding carboxylic acids is 1. The molecule has 0 amide bonds. The number of hydrogen-bond donors (Lipinski definition) is 0. The van der Waals surface area contributed by atoms with Crippen molar-refractivity contribution in [2.45, 2.75) is 57.4 Å². The summed E-state index contributed by atoms with van der Waals surface area (Å²) in [6.45, 7) is 4.50. The van der Waals surface area contributed by atoms with E-state index in [1.807, 2.05) is 30.3 Å². The largest absolute Gasteiger partial charge is 0.292 e. The molecule has 114 valence electrons. The van der Waals surface area contributed by atoms with E-state index in [0.29, 0.717) is 11.7 Å². The molecule has 0 aromatic heterocycles. The molecule has 2 aliphatic rings. The summed E-state index contributed by atoms with van der Waals surface area (Å²) in [5.41, 5.74) is 0.664. The predicted molar refractivity (Wildman–Crippen MR) is 86.6 cm³/mol. The van der Waals surface area contributed by atoms with E-state index in [1.54, 1.807) is 0 Å². The zero-order chi connectivity index (χ0) is 14.7. The fourth-order valence-corrected chi connectivity index (χ4v) is 4.41. The van der Waals surface area contributed by atoms with Crippen LogP contribution in [0.1, 0.15) is 62.2 Å². The van der Waals surface area contributed by atoms with E-state index in [1.165, 1.54) is 38.5 Å². The van der Waals surface area contributed by atoms with E-state index in [2.05, 4.69) is 11.8 Å². The van der Waals surface area contributed by atoms with Gasteiger partial charge in [-0.15, -0.1) is 0 Å². The first-order chi connectivity index (χ1) is 10.2. The van der Waals surface area contributed by atoms with Crippen LogP contribution in [-0.2, 0) is 0 Å². The molecule has 1 aromatic rings. The first-order valence-corrected chi connectivity index (χ1v) is 8.60. The predicted octanol–water partition coefficient (Wildman–Crippen LogP) is 4.30. The lowest BCUT2D eigenvalue weighted by Crippen LogP contribution is -2.61. The van der Waals surface area contributed by atoms with Crippen LogP contribution in [0.15, 0.2) is 30.3 Å². The molecule has 2 nitrogen and oxygen atoms in total. The fraction of sp³-hybridized carbons (Fsp3) is 0.632. The number of ketones is 1. The zero-order valence-corrected chi connectivity index (χ0v) is 13.2. The van der Waals surface area contributed by atoms with Crippen molar-refractivity contribution in [2.75, 3.05) is 13.1 Å². The minimum absolute atomic E-state index is 0.236. The number of hydrogen-bond acceptors (Lipinski definition) is 2. The summed E-state index contributed by atoms with van der Waals surface area (Å²) in [7, 11) is 0. The Balaban J connectivity index is 1.97. The highest BCUT2D eigenvalue weighted by Crippen LogP contribution is 2.42. The number of nitrogens with zero attached hydrogens (tertiary/aromatic N) is 1. The zero-order valence-electron chi connectivity index (χ0n) is 13.2. The number of carbonyl (C=O) groups is 1. The van der Waals surface area contributed by atoms with Gasteiger partial charge in [0, 0.05) is 5.56 Å². The van der Waals surface area contributed by atoms with Gasteiger partial charge in [-0.2, -0.15) is 0 Å². The quantitative estimate of drug-likeness (QED) is 0.772. The van der Waals surface area contributed by atoms with Crippen molar-refractivity contribution < 1.29 is 4.79 Å². The van der Waals surface area contributed by atoms with Gasteiger partial charge in [0.25, 0.3) is 0 Å². The number of likely N-dealkylation sites (tertiary alicyclic amines) is 1. The normalized spacial score (nSPS) is 31.0. The molecule has 2 atom stereocenters. The highest BCUT2D eigenvalue weighted by atomic mass is 16.1. The van der Waals surface area contributed by atoms with Gasteiger partial charge in [-0.1, -0.05) is 56.5 Å². The van der Waals surface area contributed by atoms with Gasteiger partial charge in [-0.3, -0.25) is 9.69 Å². The second kappa shape index (κ2) is 6.31. The van der Waals surface area contributed by atoms with E-state index >= 15 is 0 Å². The van der Waals surface area contributed by atoms with Crippen LogP contribution in [0.5, 0.6) is 0 Å². The van der Waals surface area contributed by atoms with E-state index in [9.17, 15) is 4.79 Å². The van der Waals surface area contributed by atoms with E-state index in [-0.39, 0.29) is 5.54 Å². The molecule has 0 radical (unpaired) electrons. The van der Waals surface area contributed by atoms with Gasteiger partial charge in [-0.25, -0.2) is 0 Å². The smallest absolute Gasteiger partial charge is 0.183 e. The summed E-state index contributed by atoms with van der Waals surface area (Å²) in [5, 5.41) is 0. The third kappa shape index (κ3) is 2.66. The molecule has 0 spiro atoms. The van der Waals surface area contributed by atoms with E-state index in [4.69, 9.17) is 0 Å². The highest BCUT2D eigenvalue weighted by Gasteiger charge is 2.49. The van der Waals surface area contributed by atoms with Crippen LogP contribution in [0.2, 0.25) is 0 Å². The van der Waals surface area contributed by atoms with Crippen LogP contribution in [0.25, 0.3) is 0 Å². The lowest BCUT2D eigenvalue weighted by molar-refractivity contribution is 0.00367. The Morgan fingerprint density at radius 2 is 1.76 bits per heavy atom. The minimum atomic E-state index is -0.236. The Hall–Kier alpha value is -1.15. The Bertz CT molecular complexity index is 478. The Labute approximate surface area is 128 Å². The van der Waals surface area contributed by atoms with Gasteiger partial charge in [-0.05, 0) is 44.7 Å². The van der Waals surface area contributed by atoms with Crippen molar-refractivity contribution in [3.8, 4) is 0 Å². The minimum Gasteiger partial charge on any atom is -0.292 e. The summed E-state index contributed by atoms with van der Waals surface area (Å²) in [5.74, 6) is 0.842. The number of Topliss-reactive ketones (excluding diaryl/α,β-unsaturated/α-hetero) is 1. The van der Waals surface area contributed by atoms with Crippen LogP contribution >= 0.6 is 0 Å². The van der Waals surface area contributed by atoms with Crippen molar-refractivity contribution >= 4 is 5.78 Å². The average Bonchev–Trinajstić information content (AvgIpc) is 2.56. The molecule has 0 unspecified atom stereocenters. The van der Waals surface area contributed by atoms with Crippen LogP contribution in [-0.4, -0.2) is 29.3 Å². The number of rotatable bonds is 3. The maximum absolute atomic E-state index is 13.4. The third-order valence-corrected chi connectivity index (χ3v) is 5.61. The van der Waals surface area contributed by atoms with Gasteiger partial charge >= 0.3 is 0 Å². The summed E-state index contributed by atoms with van der Waals surface area (Å²) in [4.78, 5) is 15.9. The van der Waals surface area contributed by atoms with E-state index < -0.39 is 0 Å². The van der Waals surface area contributed by atoms with Crippen LogP contribution in [0.4, 0.5) is 0 Å². The van der Waals surface area contributed by atoms with Crippen molar-refractivity contribution in [1.82, 2.24) is 4.90 Å².